The van der Waals surface area contributed by atoms with Crippen LogP contribution in [-0.4, -0.2) is 30.0 Å². The van der Waals surface area contributed by atoms with Gasteiger partial charge in [0.1, 0.15) is 5.52 Å². The molecule has 24 heavy (non-hydrogen) atoms. The van der Waals surface area contributed by atoms with Crippen molar-refractivity contribution in [2.75, 3.05) is 18.0 Å². The molecule has 1 saturated heterocycles. The summed E-state index contributed by atoms with van der Waals surface area (Å²) in [5.74, 6) is 0.249. The van der Waals surface area contributed by atoms with E-state index in [0.717, 1.165) is 43.3 Å². The molecule has 1 aliphatic carbocycles. The van der Waals surface area contributed by atoms with Crippen LogP contribution in [0.3, 0.4) is 0 Å². The van der Waals surface area contributed by atoms with Gasteiger partial charge in [0.05, 0.1) is 5.92 Å². The number of nitrogens with one attached hydrogen (secondary N) is 1. The number of piperidine rings is 1. The lowest BCUT2D eigenvalue weighted by atomic mass is 9.93. The predicted octanol–water partition coefficient (Wildman–Crippen LogP) is 3.49. The quantitative estimate of drug-likeness (QED) is 0.937. The van der Waals surface area contributed by atoms with E-state index in [1.807, 2.05) is 24.3 Å². The first-order valence-corrected chi connectivity index (χ1v) is 9.20. The molecule has 1 aromatic heterocycles. The zero-order valence-corrected chi connectivity index (χ0v) is 14.0. The second kappa shape index (κ2) is 6.83. The molecule has 1 aliphatic heterocycles. The number of fused-ring (bicyclic) bond motifs is 1. The molecule has 0 unspecified atom stereocenters. The van der Waals surface area contributed by atoms with Crippen molar-refractivity contribution in [1.29, 1.82) is 0 Å². The second-order valence-corrected chi connectivity index (χ2v) is 7.09. The first-order valence-electron chi connectivity index (χ1n) is 9.20. The van der Waals surface area contributed by atoms with Gasteiger partial charge in [-0.05, 0) is 37.8 Å². The number of benzene rings is 1. The molecule has 2 fully saturated rings. The standard InChI is InChI=1S/C19H25N3O2/c23-18(20-15-8-2-1-3-9-15)14-7-6-12-22(13-14)19-21-16-10-4-5-11-17(16)24-19/h4-5,10-11,14-15H,1-3,6-9,12-13H2,(H,20,23)/t14-/m1/s1. The molecular weight excluding hydrogens is 302 g/mol. The van der Waals surface area contributed by atoms with Gasteiger partial charge in [0.15, 0.2) is 5.58 Å². The third-order valence-electron chi connectivity index (χ3n) is 5.30. The number of anilines is 1. The van der Waals surface area contributed by atoms with Gasteiger partial charge in [-0.2, -0.15) is 4.98 Å². The molecule has 1 atom stereocenters. The third kappa shape index (κ3) is 3.25. The van der Waals surface area contributed by atoms with Crippen LogP contribution in [0.2, 0.25) is 0 Å². The van der Waals surface area contributed by atoms with Crippen LogP contribution in [0.4, 0.5) is 6.01 Å². The zero-order chi connectivity index (χ0) is 16.4. The molecule has 0 radical (unpaired) electrons. The van der Waals surface area contributed by atoms with E-state index in [2.05, 4.69) is 15.2 Å². The number of para-hydroxylation sites is 2. The normalized spacial score (nSPS) is 22.7. The predicted molar refractivity (Wildman–Crippen MR) is 94.0 cm³/mol. The Bertz CT molecular complexity index is 672. The Hall–Kier alpha value is -2.04. The average Bonchev–Trinajstić information content (AvgIpc) is 3.07. The van der Waals surface area contributed by atoms with Gasteiger partial charge in [0.25, 0.3) is 6.01 Å². The second-order valence-electron chi connectivity index (χ2n) is 7.09. The molecular formula is C19H25N3O2. The number of carbonyl (C=O) groups is 1. The zero-order valence-electron chi connectivity index (χ0n) is 14.0. The summed E-state index contributed by atoms with van der Waals surface area (Å²) in [5, 5.41) is 3.27. The van der Waals surface area contributed by atoms with Crippen molar-refractivity contribution in [3.8, 4) is 0 Å². The molecule has 1 aromatic carbocycles. The largest absolute Gasteiger partial charge is 0.423 e. The summed E-state index contributed by atoms with van der Waals surface area (Å²) in [7, 11) is 0. The molecule has 128 valence electrons. The van der Waals surface area contributed by atoms with Crippen molar-refractivity contribution in [3.63, 3.8) is 0 Å². The van der Waals surface area contributed by atoms with Crippen LogP contribution in [0.1, 0.15) is 44.9 Å². The number of oxazole rings is 1. The maximum atomic E-state index is 12.6. The Kier molecular flexibility index (Phi) is 4.41. The van der Waals surface area contributed by atoms with E-state index >= 15 is 0 Å². The lowest BCUT2D eigenvalue weighted by Gasteiger charge is -2.32. The summed E-state index contributed by atoms with van der Waals surface area (Å²) < 4.78 is 5.87. The molecule has 5 heteroatoms. The Balaban J connectivity index is 1.42. The summed E-state index contributed by atoms with van der Waals surface area (Å²) >= 11 is 0. The van der Waals surface area contributed by atoms with Crippen molar-refractivity contribution < 1.29 is 9.21 Å². The fraction of sp³-hybridized carbons (Fsp3) is 0.579. The molecule has 1 saturated carbocycles. The molecule has 0 bridgehead atoms. The smallest absolute Gasteiger partial charge is 0.298 e. The van der Waals surface area contributed by atoms with E-state index in [1.165, 1.54) is 19.3 Å². The van der Waals surface area contributed by atoms with E-state index in [0.29, 0.717) is 18.6 Å². The average molecular weight is 327 g/mol. The number of hydrogen-bond donors (Lipinski definition) is 1. The lowest BCUT2D eigenvalue weighted by molar-refractivity contribution is -0.126. The van der Waals surface area contributed by atoms with Crippen LogP contribution in [0.5, 0.6) is 0 Å². The van der Waals surface area contributed by atoms with Crippen molar-refractivity contribution in [2.24, 2.45) is 5.92 Å². The van der Waals surface area contributed by atoms with Gasteiger partial charge in [-0.25, -0.2) is 0 Å². The molecule has 1 N–H and O–H groups in total. The van der Waals surface area contributed by atoms with Crippen LogP contribution < -0.4 is 10.2 Å². The first-order chi connectivity index (χ1) is 11.8. The van der Waals surface area contributed by atoms with Gasteiger partial charge in [0, 0.05) is 19.1 Å². The SMILES string of the molecule is O=C(NC1CCCCC1)[C@@H]1CCCN(c2nc3ccccc3o2)C1. The minimum atomic E-state index is 0.0377. The number of hydrogen-bond acceptors (Lipinski definition) is 4. The summed E-state index contributed by atoms with van der Waals surface area (Å²) in [4.78, 5) is 19.3. The summed E-state index contributed by atoms with van der Waals surface area (Å²) in [6, 6.07) is 8.83. The fourth-order valence-electron chi connectivity index (χ4n) is 3.93. The summed E-state index contributed by atoms with van der Waals surface area (Å²) in [5.41, 5.74) is 1.68. The van der Waals surface area contributed by atoms with Crippen LogP contribution in [0.25, 0.3) is 11.1 Å². The third-order valence-corrected chi connectivity index (χ3v) is 5.30. The van der Waals surface area contributed by atoms with Gasteiger partial charge < -0.3 is 14.6 Å². The van der Waals surface area contributed by atoms with E-state index in [9.17, 15) is 4.79 Å². The van der Waals surface area contributed by atoms with Crippen LogP contribution in [-0.2, 0) is 4.79 Å². The summed E-state index contributed by atoms with van der Waals surface area (Å²) in [6.45, 7) is 1.60. The van der Waals surface area contributed by atoms with Crippen LogP contribution in [0, 0.1) is 5.92 Å². The van der Waals surface area contributed by atoms with Crippen molar-refractivity contribution >= 4 is 23.0 Å². The maximum Gasteiger partial charge on any atom is 0.298 e. The molecule has 4 rings (SSSR count). The van der Waals surface area contributed by atoms with Crippen LogP contribution >= 0.6 is 0 Å². The van der Waals surface area contributed by atoms with Crippen molar-refractivity contribution in [1.82, 2.24) is 10.3 Å². The van der Waals surface area contributed by atoms with Gasteiger partial charge >= 0.3 is 0 Å². The minimum absolute atomic E-state index is 0.0377. The highest BCUT2D eigenvalue weighted by Gasteiger charge is 2.29. The van der Waals surface area contributed by atoms with E-state index in [1.54, 1.807) is 0 Å². The van der Waals surface area contributed by atoms with Crippen LogP contribution in [0.15, 0.2) is 28.7 Å². The van der Waals surface area contributed by atoms with Gasteiger partial charge in [-0.3, -0.25) is 4.79 Å². The first kappa shape index (κ1) is 15.5. The Morgan fingerprint density at radius 1 is 1.12 bits per heavy atom. The Morgan fingerprint density at radius 3 is 2.79 bits per heavy atom. The van der Waals surface area contributed by atoms with E-state index in [-0.39, 0.29) is 11.8 Å². The fourth-order valence-corrected chi connectivity index (χ4v) is 3.93. The van der Waals surface area contributed by atoms with Crippen molar-refractivity contribution in [2.45, 2.75) is 51.0 Å². The van der Waals surface area contributed by atoms with Gasteiger partial charge in [-0.15, -0.1) is 0 Å². The number of rotatable bonds is 3. The molecule has 0 spiro atoms. The highest BCUT2D eigenvalue weighted by molar-refractivity contribution is 5.80. The highest BCUT2D eigenvalue weighted by atomic mass is 16.4. The van der Waals surface area contributed by atoms with E-state index in [4.69, 9.17) is 4.42 Å². The minimum Gasteiger partial charge on any atom is -0.423 e. The molecule has 1 amide bonds. The van der Waals surface area contributed by atoms with E-state index < -0.39 is 0 Å². The monoisotopic (exact) mass is 327 g/mol. The molecule has 2 aromatic rings. The molecule has 2 heterocycles. The van der Waals surface area contributed by atoms with Gasteiger partial charge in [0.2, 0.25) is 5.91 Å². The number of carbonyl (C=O) groups excluding carboxylic acids is 1. The molecule has 5 nitrogen and oxygen atoms in total. The maximum absolute atomic E-state index is 12.6. The lowest BCUT2D eigenvalue weighted by Crippen LogP contribution is -2.46. The molecule has 2 aliphatic rings. The highest BCUT2D eigenvalue weighted by Crippen LogP contribution is 2.27. The topological polar surface area (TPSA) is 58.4 Å². The number of amides is 1. The Labute approximate surface area is 142 Å². The number of nitrogens with zero attached hydrogens (tertiary/aromatic N) is 2. The summed E-state index contributed by atoms with van der Waals surface area (Å²) in [6.07, 6.45) is 8.01. The van der Waals surface area contributed by atoms with Gasteiger partial charge in [-0.1, -0.05) is 31.4 Å². The number of aromatic nitrogens is 1. The van der Waals surface area contributed by atoms with Crippen molar-refractivity contribution in [3.05, 3.63) is 24.3 Å². The Morgan fingerprint density at radius 2 is 1.96 bits per heavy atom.